The van der Waals surface area contributed by atoms with Crippen molar-refractivity contribution in [2.45, 2.75) is 32.9 Å². The van der Waals surface area contributed by atoms with Gasteiger partial charge in [0.15, 0.2) is 0 Å². The molecule has 5 heteroatoms. The van der Waals surface area contributed by atoms with Crippen LogP contribution >= 0.6 is 11.6 Å². The van der Waals surface area contributed by atoms with Gasteiger partial charge in [-0.05, 0) is 36.1 Å². The van der Waals surface area contributed by atoms with E-state index in [1.54, 1.807) is 0 Å². The minimum absolute atomic E-state index is 0.220. The zero-order valence-electron chi connectivity index (χ0n) is 11.6. The van der Waals surface area contributed by atoms with Gasteiger partial charge in [0.05, 0.1) is 11.0 Å². The van der Waals surface area contributed by atoms with E-state index >= 15 is 0 Å². The van der Waals surface area contributed by atoms with Crippen molar-refractivity contribution in [1.82, 2.24) is 14.5 Å². The number of carbonyl (C=O) groups is 1. The summed E-state index contributed by atoms with van der Waals surface area (Å²) in [6, 6.07) is 7.82. The van der Waals surface area contributed by atoms with E-state index in [-0.39, 0.29) is 5.91 Å². The number of aromatic nitrogens is 2. The molecule has 0 aliphatic carbocycles. The van der Waals surface area contributed by atoms with Crippen molar-refractivity contribution in [3.8, 4) is 0 Å². The summed E-state index contributed by atoms with van der Waals surface area (Å²) >= 11 is 6.21. The molecule has 0 radical (unpaired) electrons. The molecule has 2 heterocycles. The summed E-state index contributed by atoms with van der Waals surface area (Å²) in [6.45, 7) is 3.49. The number of imidazole rings is 1. The number of likely N-dealkylation sites (tertiary alicyclic amines) is 1. The van der Waals surface area contributed by atoms with Gasteiger partial charge in [-0.1, -0.05) is 25.5 Å². The van der Waals surface area contributed by atoms with Crippen LogP contribution in [0.3, 0.4) is 0 Å². The van der Waals surface area contributed by atoms with E-state index in [1.165, 1.54) is 0 Å². The van der Waals surface area contributed by atoms with Crippen LogP contribution in [0, 0.1) is 5.92 Å². The Morgan fingerprint density at radius 2 is 2.20 bits per heavy atom. The Bertz CT molecular complexity index is 637. The molecule has 1 aromatic carbocycles. The van der Waals surface area contributed by atoms with Gasteiger partial charge < -0.3 is 4.90 Å². The maximum Gasteiger partial charge on any atom is 0.224 e. The third-order valence-electron chi connectivity index (χ3n) is 3.91. The van der Waals surface area contributed by atoms with Crippen LogP contribution in [-0.2, 0) is 11.5 Å². The zero-order chi connectivity index (χ0) is 14.1. The highest BCUT2D eigenvalue weighted by Gasteiger charge is 2.29. The van der Waals surface area contributed by atoms with Crippen LogP contribution in [-0.4, -0.2) is 26.9 Å². The maximum atomic E-state index is 12.1. The number of hydrogen-bond donors (Lipinski definition) is 0. The van der Waals surface area contributed by atoms with Gasteiger partial charge >= 0.3 is 0 Å². The van der Waals surface area contributed by atoms with Gasteiger partial charge in [-0.15, -0.1) is 0 Å². The van der Waals surface area contributed by atoms with E-state index in [0.29, 0.717) is 24.3 Å². The highest BCUT2D eigenvalue weighted by atomic mass is 35.5. The fraction of sp³-hybridized carbons (Fsp3) is 0.467. The molecule has 0 saturated carbocycles. The molecule has 1 aromatic heterocycles. The second-order valence-corrected chi connectivity index (χ2v) is 5.75. The van der Waals surface area contributed by atoms with E-state index < -0.39 is 0 Å². The van der Waals surface area contributed by atoms with Crippen LogP contribution in [0.25, 0.3) is 11.0 Å². The van der Waals surface area contributed by atoms with Crippen molar-refractivity contribution in [3.05, 3.63) is 29.5 Å². The van der Waals surface area contributed by atoms with Gasteiger partial charge in [-0.25, -0.2) is 4.98 Å². The van der Waals surface area contributed by atoms with Crippen molar-refractivity contribution >= 4 is 28.5 Å². The molecule has 1 unspecified atom stereocenters. The lowest BCUT2D eigenvalue weighted by molar-refractivity contribution is -0.129. The molecule has 1 amide bonds. The van der Waals surface area contributed by atoms with Gasteiger partial charge in [0.2, 0.25) is 11.2 Å². The van der Waals surface area contributed by atoms with Crippen molar-refractivity contribution in [2.75, 3.05) is 6.54 Å². The topological polar surface area (TPSA) is 38.1 Å². The third-order valence-corrected chi connectivity index (χ3v) is 4.20. The molecule has 1 fully saturated rings. The van der Waals surface area contributed by atoms with Crippen LogP contribution in [0.1, 0.15) is 26.2 Å². The van der Waals surface area contributed by atoms with Gasteiger partial charge in [0.1, 0.15) is 6.67 Å². The van der Waals surface area contributed by atoms with E-state index in [0.717, 1.165) is 30.4 Å². The Kier molecular flexibility index (Phi) is 3.66. The summed E-state index contributed by atoms with van der Waals surface area (Å²) in [5, 5.41) is 0.443. The van der Waals surface area contributed by atoms with Crippen LogP contribution in [0.15, 0.2) is 24.3 Å². The van der Waals surface area contributed by atoms with Gasteiger partial charge in [0.25, 0.3) is 0 Å². The Morgan fingerprint density at radius 1 is 1.40 bits per heavy atom. The average Bonchev–Trinajstić information content (AvgIpc) is 2.92. The quantitative estimate of drug-likeness (QED) is 0.867. The van der Waals surface area contributed by atoms with E-state index in [2.05, 4.69) is 11.9 Å². The highest BCUT2D eigenvalue weighted by molar-refractivity contribution is 6.29. The minimum atomic E-state index is 0.220. The lowest BCUT2D eigenvalue weighted by Gasteiger charge is -2.18. The largest absolute Gasteiger partial charge is 0.324 e. The Labute approximate surface area is 123 Å². The molecular weight excluding hydrogens is 274 g/mol. The summed E-state index contributed by atoms with van der Waals surface area (Å²) < 4.78 is 1.91. The standard InChI is InChI=1S/C15H18ClN3O/c1-2-5-11-8-14(20)18(9-11)10-19-13-7-4-3-6-12(13)17-15(19)16/h3-4,6-7,11H,2,5,8-10H2,1H3. The van der Waals surface area contributed by atoms with Crippen molar-refractivity contribution in [3.63, 3.8) is 0 Å². The lowest BCUT2D eigenvalue weighted by atomic mass is 10.0. The molecule has 0 N–H and O–H groups in total. The summed E-state index contributed by atoms with van der Waals surface area (Å²) in [4.78, 5) is 18.3. The molecular formula is C15H18ClN3O. The Hall–Kier alpha value is -1.55. The number of rotatable bonds is 4. The number of hydrogen-bond acceptors (Lipinski definition) is 2. The first-order valence-electron chi connectivity index (χ1n) is 7.07. The lowest BCUT2D eigenvalue weighted by Crippen LogP contribution is -2.28. The van der Waals surface area contributed by atoms with Gasteiger partial charge in [-0.3, -0.25) is 9.36 Å². The molecule has 4 nitrogen and oxygen atoms in total. The molecule has 106 valence electrons. The SMILES string of the molecule is CCCC1CC(=O)N(Cn2c(Cl)nc3ccccc32)C1. The van der Waals surface area contributed by atoms with Crippen LogP contribution in [0.2, 0.25) is 5.28 Å². The third kappa shape index (κ3) is 2.40. The van der Waals surface area contributed by atoms with Crippen LogP contribution < -0.4 is 0 Å². The smallest absolute Gasteiger partial charge is 0.224 e. The first-order chi connectivity index (χ1) is 9.69. The second-order valence-electron chi connectivity index (χ2n) is 5.41. The Morgan fingerprint density at radius 3 is 3.00 bits per heavy atom. The fourth-order valence-corrected chi connectivity index (χ4v) is 3.18. The van der Waals surface area contributed by atoms with Crippen LogP contribution in [0.5, 0.6) is 0 Å². The maximum absolute atomic E-state index is 12.1. The minimum Gasteiger partial charge on any atom is -0.324 e. The average molecular weight is 292 g/mol. The summed E-state index contributed by atoms with van der Waals surface area (Å²) in [5.41, 5.74) is 1.85. The molecule has 1 atom stereocenters. The molecule has 2 aromatic rings. The van der Waals surface area contributed by atoms with Gasteiger partial charge in [0, 0.05) is 13.0 Å². The fourth-order valence-electron chi connectivity index (χ4n) is 2.94. The molecule has 0 spiro atoms. The number of amides is 1. The molecule has 3 rings (SSSR count). The second kappa shape index (κ2) is 5.44. The zero-order valence-corrected chi connectivity index (χ0v) is 12.3. The van der Waals surface area contributed by atoms with Gasteiger partial charge in [-0.2, -0.15) is 0 Å². The number of carbonyl (C=O) groups excluding carboxylic acids is 1. The van der Waals surface area contributed by atoms with E-state index in [9.17, 15) is 4.79 Å². The summed E-state index contributed by atoms with van der Waals surface area (Å²) in [6.07, 6.45) is 2.90. The monoisotopic (exact) mass is 291 g/mol. The van der Waals surface area contributed by atoms with Crippen molar-refractivity contribution in [2.24, 2.45) is 5.92 Å². The normalized spacial score (nSPS) is 19.2. The van der Waals surface area contributed by atoms with Crippen molar-refractivity contribution < 1.29 is 4.79 Å². The summed E-state index contributed by atoms with van der Waals surface area (Å²) in [7, 11) is 0. The predicted octanol–water partition coefficient (Wildman–Crippen LogP) is 3.30. The number of fused-ring (bicyclic) bond motifs is 1. The molecule has 1 aliphatic heterocycles. The van der Waals surface area contributed by atoms with E-state index in [4.69, 9.17) is 11.6 Å². The van der Waals surface area contributed by atoms with Crippen LogP contribution in [0.4, 0.5) is 0 Å². The molecule has 0 bridgehead atoms. The molecule has 20 heavy (non-hydrogen) atoms. The van der Waals surface area contributed by atoms with E-state index in [1.807, 2.05) is 33.7 Å². The predicted molar refractivity (Wildman–Crippen MR) is 79.5 cm³/mol. The molecule has 1 saturated heterocycles. The first kappa shape index (κ1) is 13.4. The highest BCUT2D eigenvalue weighted by Crippen LogP contribution is 2.25. The first-order valence-corrected chi connectivity index (χ1v) is 7.45. The van der Waals surface area contributed by atoms with Crippen molar-refractivity contribution in [1.29, 1.82) is 0 Å². The molecule has 1 aliphatic rings. The number of nitrogens with zero attached hydrogens (tertiary/aromatic N) is 3. The number of para-hydroxylation sites is 2. The summed E-state index contributed by atoms with van der Waals surface area (Å²) in [5.74, 6) is 0.707. The Balaban J connectivity index is 1.83. The number of benzene rings is 1. The number of halogens is 1.